The van der Waals surface area contributed by atoms with Gasteiger partial charge in [-0.15, -0.1) is 0 Å². The second-order valence-corrected chi connectivity index (χ2v) is 5.17. The second kappa shape index (κ2) is 5.28. The maximum absolute atomic E-state index is 6.34. The van der Waals surface area contributed by atoms with Crippen LogP contribution in [0, 0.1) is 13.8 Å². The topological polar surface area (TPSA) is 21.3 Å². The van der Waals surface area contributed by atoms with Crippen molar-refractivity contribution in [2.75, 3.05) is 20.2 Å². The molecule has 3 heteroatoms. The summed E-state index contributed by atoms with van der Waals surface area (Å²) in [4.78, 5) is 0. The Morgan fingerprint density at radius 2 is 2.18 bits per heavy atom. The molecule has 1 saturated heterocycles. The maximum Gasteiger partial charge on any atom is 0.138 e. The standard InChI is InChI=1S/C14H20ClNO/c1-9-7-12(17-3)14(15)10(2)13(9)11-5-4-6-16-8-11/h7,11,16H,4-6,8H2,1-3H3. The summed E-state index contributed by atoms with van der Waals surface area (Å²) in [7, 11) is 1.67. The van der Waals surface area contributed by atoms with Crippen LogP contribution in [-0.2, 0) is 0 Å². The summed E-state index contributed by atoms with van der Waals surface area (Å²) >= 11 is 6.34. The zero-order valence-electron chi connectivity index (χ0n) is 10.8. The Morgan fingerprint density at radius 1 is 1.41 bits per heavy atom. The Labute approximate surface area is 108 Å². The fraction of sp³-hybridized carbons (Fsp3) is 0.571. The highest BCUT2D eigenvalue weighted by Gasteiger charge is 2.21. The summed E-state index contributed by atoms with van der Waals surface area (Å²) < 4.78 is 5.30. The smallest absolute Gasteiger partial charge is 0.138 e. The maximum atomic E-state index is 6.34. The monoisotopic (exact) mass is 253 g/mol. The van der Waals surface area contributed by atoms with Crippen LogP contribution in [0.3, 0.4) is 0 Å². The first kappa shape index (κ1) is 12.7. The molecule has 1 heterocycles. The Hall–Kier alpha value is -0.730. The fourth-order valence-corrected chi connectivity index (χ4v) is 3.04. The number of rotatable bonds is 2. The van der Waals surface area contributed by atoms with Crippen molar-refractivity contribution < 1.29 is 4.74 Å². The van der Waals surface area contributed by atoms with Crippen LogP contribution in [0.15, 0.2) is 6.07 Å². The van der Waals surface area contributed by atoms with Crippen molar-refractivity contribution in [3.8, 4) is 5.75 Å². The van der Waals surface area contributed by atoms with Crippen LogP contribution in [-0.4, -0.2) is 20.2 Å². The molecule has 1 atom stereocenters. The number of aryl methyl sites for hydroxylation is 1. The number of hydrogen-bond acceptors (Lipinski definition) is 2. The van der Waals surface area contributed by atoms with Crippen LogP contribution in [0.4, 0.5) is 0 Å². The van der Waals surface area contributed by atoms with Gasteiger partial charge in [0.25, 0.3) is 0 Å². The molecule has 0 bridgehead atoms. The van der Waals surface area contributed by atoms with Gasteiger partial charge in [0.2, 0.25) is 0 Å². The number of benzene rings is 1. The zero-order valence-corrected chi connectivity index (χ0v) is 11.5. The first-order chi connectivity index (χ1) is 8.15. The minimum atomic E-state index is 0.590. The molecule has 1 aliphatic rings. The summed E-state index contributed by atoms with van der Waals surface area (Å²) in [6.07, 6.45) is 2.49. The van der Waals surface area contributed by atoms with Crippen LogP contribution < -0.4 is 10.1 Å². The van der Waals surface area contributed by atoms with Gasteiger partial charge < -0.3 is 10.1 Å². The predicted octanol–water partition coefficient (Wildman–Crippen LogP) is 3.43. The van der Waals surface area contributed by atoms with Crippen LogP contribution in [0.5, 0.6) is 5.75 Å². The van der Waals surface area contributed by atoms with Crippen LogP contribution in [0.1, 0.15) is 35.4 Å². The molecule has 1 aliphatic heterocycles. The van der Waals surface area contributed by atoms with Crippen molar-refractivity contribution in [1.29, 1.82) is 0 Å². The highest BCUT2D eigenvalue weighted by molar-refractivity contribution is 6.33. The van der Waals surface area contributed by atoms with E-state index in [4.69, 9.17) is 16.3 Å². The Balaban J connectivity index is 2.42. The number of piperidine rings is 1. The third-order valence-electron chi connectivity index (χ3n) is 3.65. The normalized spacial score (nSPS) is 20.4. The Bertz CT molecular complexity index is 411. The molecule has 0 saturated carbocycles. The van der Waals surface area contributed by atoms with Crippen molar-refractivity contribution in [3.63, 3.8) is 0 Å². The second-order valence-electron chi connectivity index (χ2n) is 4.79. The molecule has 0 spiro atoms. The quantitative estimate of drug-likeness (QED) is 0.872. The van der Waals surface area contributed by atoms with Gasteiger partial charge in [0.05, 0.1) is 12.1 Å². The third-order valence-corrected chi connectivity index (χ3v) is 4.12. The number of hydrogen-bond donors (Lipinski definition) is 1. The number of nitrogens with one attached hydrogen (secondary N) is 1. The highest BCUT2D eigenvalue weighted by atomic mass is 35.5. The van der Waals surface area contributed by atoms with E-state index in [-0.39, 0.29) is 0 Å². The van der Waals surface area contributed by atoms with E-state index in [9.17, 15) is 0 Å². The average molecular weight is 254 g/mol. The lowest BCUT2D eigenvalue weighted by atomic mass is 9.85. The van der Waals surface area contributed by atoms with Gasteiger partial charge in [0.1, 0.15) is 5.75 Å². The van der Waals surface area contributed by atoms with Gasteiger partial charge in [0, 0.05) is 6.54 Å². The molecule has 1 aromatic rings. The molecular formula is C14H20ClNO. The summed E-state index contributed by atoms with van der Waals surface area (Å²) in [5.74, 6) is 1.38. The largest absolute Gasteiger partial charge is 0.495 e. The van der Waals surface area contributed by atoms with Crippen molar-refractivity contribution in [3.05, 3.63) is 27.8 Å². The predicted molar refractivity (Wildman–Crippen MR) is 72.3 cm³/mol. The Kier molecular flexibility index (Phi) is 3.95. The molecule has 2 rings (SSSR count). The van der Waals surface area contributed by atoms with Gasteiger partial charge in [-0.2, -0.15) is 0 Å². The fourth-order valence-electron chi connectivity index (χ4n) is 2.81. The number of methoxy groups -OCH3 is 1. The third kappa shape index (κ3) is 2.43. The van der Waals surface area contributed by atoms with Crippen molar-refractivity contribution in [2.45, 2.75) is 32.6 Å². The molecule has 17 heavy (non-hydrogen) atoms. The van der Waals surface area contributed by atoms with Gasteiger partial charge in [0.15, 0.2) is 0 Å². The van der Waals surface area contributed by atoms with E-state index in [1.165, 1.54) is 29.5 Å². The summed E-state index contributed by atoms with van der Waals surface area (Å²) in [6.45, 7) is 6.44. The van der Waals surface area contributed by atoms with Crippen molar-refractivity contribution in [2.24, 2.45) is 0 Å². The van der Waals surface area contributed by atoms with E-state index in [1.807, 2.05) is 0 Å². The van der Waals surface area contributed by atoms with Gasteiger partial charge in [-0.25, -0.2) is 0 Å². The van der Waals surface area contributed by atoms with Crippen molar-refractivity contribution in [1.82, 2.24) is 5.32 Å². The minimum absolute atomic E-state index is 0.590. The SMILES string of the molecule is COc1cc(C)c(C2CCCNC2)c(C)c1Cl. The molecule has 0 aliphatic carbocycles. The van der Waals surface area contributed by atoms with E-state index in [1.54, 1.807) is 7.11 Å². The molecular weight excluding hydrogens is 234 g/mol. The molecule has 94 valence electrons. The molecule has 1 aromatic carbocycles. The van der Waals surface area contributed by atoms with Crippen LogP contribution in [0.25, 0.3) is 0 Å². The zero-order chi connectivity index (χ0) is 12.4. The van der Waals surface area contributed by atoms with E-state index < -0.39 is 0 Å². The summed E-state index contributed by atoms with van der Waals surface area (Å²) in [6, 6.07) is 2.05. The molecule has 1 unspecified atom stereocenters. The molecule has 1 fully saturated rings. The lowest BCUT2D eigenvalue weighted by Gasteiger charge is -2.27. The van der Waals surface area contributed by atoms with Gasteiger partial charge in [-0.1, -0.05) is 11.6 Å². The van der Waals surface area contributed by atoms with E-state index >= 15 is 0 Å². The summed E-state index contributed by atoms with van der Waals surface area (Å²) in [5.41, 5.74) is 3.87. The molecule has 0 amide bonds. The highest BCUT2D eigenvalue weighted by Crippen LogP contribution is 2.37. The van der Waals surface area contributed by atoms with Gasteiger partial charge in [-0.05, 0) is 61.9 Å². The first-order valence-electron chi connectivity index (χ1n) is 6.19. The molecule has 1 N–H and O–H groups in total. The number of ether oxygens (including phenoxy) is 1. The average Bonchev–Trinajstić information content (AvgIpc) is 2.35. The van der Waals surface area contributed by atoms with Crippen LogP contribution in [0.2, 0.25) is 5.02 Å². The van der Waals surface area contributed by atoms with Crippen LogP contribution >= 0.6 is 11.6 Å². The number of halogens is 1. The molecule has 0 radical (unpaired) electrons. The lowest BCUT2D eigenvalue weighted by Crippen LogP contribution is -2.29. The van der Waals surface area contributed by atoms with E-state index in [0.717, 1.165) is 23.9 Å². The van der Waals surface area contributed by atoms with Gasteiger partial charge in [-0.3, -0.25) is 0 Å². The molecule has 0 aromatic heterocycles. The minimum Gasteiger partial charge on any atom is -0.495 e. The Morgan fingerprint density at radius 3 is 2.76 bits per heavy atom. The van der Waals surface area contributed by atoms with Gasteiger partial charge >= 0.3 is 0 Å². The lowest BCUT2D eigenvalue weighted by molar-refractivity contribution is 0.413. The van der Waals surface area contributed by atoms with Crippen molar-refractivity contribution >= 4 is 11.6 Å². The first-order valence-corrected chi connectivity index (χ1v) is 6.57. The van der Waals surface area contributed by atoms with E-state index in [2.05, 4.69) is 25.2 Å². The summed E-state index contributed by atoms with van der Waals surface area (Å²) in [5, 5.41) is 4.22. The van der Waals surface area contributed by atoms with E-state index in [0.29, 0.717) is 5.92 Å². The molecule has 2 nitrogen and oxygen atoms in total.